The third kappa shape index (κ3) is 4.94. The molecule has 2 heterocycles. The van der Waals surface area contributed by atoms with E-state index in [1.807, 2.05) is 24.4 Å². The smallest absolute Gasteiger partial charge is 0.309 e. The molecule has 0 aliphatic carbocycles. The number of furan rings is 1. The fourth-order valence-corrected chi connectivity index (χ4v) is 2.84. The zero-order valence-corrected chi connectivity index (χ0v) is 13.9. The van der Waals surface area contributed by atoms with Crippen molar-refractivity contribution in [3.8, 4) is 0 Å². The van der Waals surface area contributed by atoms with Crippen molar-refractivity contribution in [1.82, 2.24) is 10.6 Å². The zero-order valence-electron chi connectivity index (χ0n) is 13.1. The summed E-state index contributed by atoms with van der Waals surface area (Å²) in [5.74, 6) is 0.0145. The lowest BCUT2D eigenvalue weighted by Gasteiger charge is -2.10. The van der Waals surface area contributed by atoms with Crippen molar-refractivity contribution < 1.29 is 19.1 Å². The normalized spacial score (nSPS) is 12.0. The Morgan fingerprint density at radius 1 is 1.30 bits per heavy atom. The molecule has 0 saturated carbocycles. The summed E-state index contributed by atoms with van der Waals surface area (Å²) in [6.45, 7) is 4.13. The molecule has 1 unspecified atom stereocenters. The minimum Gasteiger partial charge on any atom is -0.466 e. The molecule has 0 radical (unpaired) electrons. The van der Waals surface area contributed by atoms with E-state index in [1.165, 1.54) is 11.3 Å². The monoisotopic (exact) mass is 336 g/mol. The van der Waals surface area contributed by atoms with Gasteiger partial charge in [0.2, 0.25) is 0 Å². The minimum atomic E-state index is -0.734. The highest BCUT2D eigenvalue weighted by molar-refractivity contribution is 7.09. The molecule has 0 fully saturated rings. The first kappa shape index (κ1) is 17.2. The van der Waals surface area contributed by atoms with Gasteiger partial charge in [0, 0.05) is 17.0 Å². The number of nitrogens with one attached hydrogen (secondary N) is 2. The molecule has 3 N–H and O–H groups in total. The van der Waals surface area contributed by atoms with Gasteiger partial charge in [-0.15, -0.1) is 11.3 Å². The number of carbonyl (C=O) groups excluding carboxylic acids is 2. The van der Waals surface area contributed by atoms with Gasteiger partial charge in [-0.25, -0.2) is 0 Å². The van der Waals surface area contributed by atoms with Crippen molar-refractivity contribution in [1.29, 1.82) is 0 Å². The van der Waals surface area contributed by atoms with Gasteiger partial charge in [0.25, 0.3) is 0 Å². The summed E-state index contributed by atoms with van der Waals surface area (Å²) >= 11 is 1.51. The maximum atomic E-state index is 11.7. The summed E-state index contributed by atoms with van der Waals surface area (Å²) in [5, 5.41) is 17.0. The lowest BCUT2D eigenvalue weighted by molar-refractivity contribution is -0.139. The van der Waals surface area contributed by atoms with Crippen LogP contribution in [-0.4, -0.2) is 23.5 Å². The van der Waals surface area contributed by atoms with Crippen LogP contribution in [0.3, 0.4) is 0 Å². The Bertz CT molecular complexity index is 664. The van der Waals surface area contributed by atoms with Crippen molar-refractivity contribution in [3.05, 3.63) is 45.5 Å². The quantitative estimate of drug-likeness (QED) is 0.702. The Morgan fingerprint density at radius 2 is 2.04 bits per heavy atom. The first-order valence-corrected chi connectivity index (χ1v) is 8.18. The highest BCUT2D eigenvalue weighted by Crippen LogP contribution is 2.23. The lowest BCUT2D eigenvalue weighted by atomic mass is 10.1. The van der Waals surface area contributed by atoms with Gasteiger partial charge in [-0.3, -0.25) is 9.59 Å². The molecular formula is C16H20N2O4S. The van der Waals surface area contributed by atoms with Crippen LogP contribution in [0.25, 0.3) is 0 Å². The highest BCUT2D eigenvalue weighted by atomic mass is 32.1. The van der Waals surface area contributed by atoms with Gasteiger partial charge in [-0.2, -0.15) is 0 Å². The fraction of sp³-hybridized carbons (Fsp3) is 0.375. The van der Waals surface area contributed by atoms with Crippen molar-refractivity contribution in [2.45, 2.75) is 32.9 Å². The standard InChI is InChI=1S/C16H20N2O4S/c1-10-8-13(11(2)22-10)14(19)5-6-17-15(20)16(21)18-9-12-4-3-7-23-12/h3-4,7-8,14,19H,5-6,9H2,1-2H3,(H,17,20)(H,18,21). The molecular weight excluding hydrogens is 316 g/mol. The van der Waals surface area contributed by atoms with Crippen LogP contribution in [0, 0.1) is 13.8 Å². The predicted molar refractivity (Wildman–Crippen MR) is 86.9 cm³/mol. The van der Waals surface area contributed by atoms with Crippen LogP contribution in [0.1, 0.15) is 34.5 Å². The van der Waals surface area contributed by atoms with Crippen LogP contribution >= 0.6 is 11.3 Å². The molecule has 0 aliphatic heterocycles. The van der Waals surface area contributed by atoms with E-state index in [1.54, 1.807) is 13.0 Å². The zero-order chi connectivity index (χ0) is 16.8. The number of hydrogen-bond acceptors (Lipinski definition) is 5. The van der Waals surface area contributed by atoms with Gasteiger partial charge in [0.05, 0.1) is 12.6 Å². The Balaban J connectivity index is 1.71. The second kappa shape index (κ2) is 7.94. The van der Waals surface area contributed by atoms with Crippen molar-refractivity contribution in [2.75, 3.05) is 6.54 Å². The van der Waals surface area contributed by atoms with E-state index >= 15 is 0 Å². The third-order valence-corrected chi connectivity index (χ3v) is 4.23. The molecule has 23 heavy (non-hydrogen) atoms. The molecule has 2 aromatic rings. The SMILES string of the molecule is Cc1cc(C(O)CCNC(=O)C(=O)NCc2cccs2)c(C)o1. The second-order valence-electron chi connectivity index (χ2n) is 5.19. The molecule has 2 rings (SSSR count). The number of thiophene rings is 1. The molecule has 0 bridgehead atoms. The predicted octanol–water partition coefficient (Wildman–Crippen LogP) is 1.81. The molecule has 6 nitrogen and oxygen atoms in total. The fourth-order valence-electron chi connectivity index (χ4n) is 2.20. The molecule has 1 atom stereocenters. The van der Waals surface area contributed by atoms with E-state index in [-0.39, 0.29) is 6.54 Å². The van der Waals surface area contributed by atoms with Gasteiger partial charge in [-0.1, -0.05) is 6.07 Å². The topological polar surface area (TPSA) is 91.6 Å². The molecule has 0 aromatic carbocycles. The summed E-state index contributed by atoms with van der Waals surface area (Å²) in [6.07, 6.45) is -0.425. The van der Waals surface area contributed by atoms with E-state index in [0.29, 0.717) is 24.3 Å². The summed E-state index contributed by atoms with van der Waals surface area (Å²) in [5.41, 5.74) is 0.707. The maximum Gasteiger partial charge on any atom is 0.309 e. The molecule has 0 spiro atoms. The first-order chi connectivity index (χ1) is 11.0. The van der Waals surface area contributed by atoms with Gasteiger partial charge < -0.3 is 20.2 Å². The van der Waals surface area contributed by atoms with Crippen LogP contribution in [0.2, 0.25) is 0 Å². The summed E-state index contributed by atoms with van der Waals surface area (Å²) in [6, 6.07) is 5.54. The van der Waals surface area contributed by atoms with Crippen molar-refractivity contribution in [2.24, 2.45) is 0 Å². The van der Waals surface area contributed by atoms with E-state index in [9.17, 15) is 14.7 Å². The molecule has 124 valence electrons. The average molecular weight is 336 g/mol. The number of aryl methyl sites for hydroxylation is 2. The maximum absolute atomic E-state index is 11.7. The van der Waals surface area contributed by atoms with Crippen LogP contribution in [0.15, 0.2) is 28.0 Å². The molecule has 2 amide bonds. The van der Waals surface area contributed by atoms with Gasteiger partial charge in [0.1, 0.15) is 11.5 Å². The Morgan fingerprint density at radius 3 is 2.65 bits per heavy atom. The van der Waals surface area contributed by atoms with E-state index in [2.05, 4.69) is 10.6 Å². The van der Waals surface area contributed by atoms with Gasteiger partial charge in [-0.05, 0) is 37.8 Å². The largest absolute Gasteiger partial charge is 0.466 e. The van der Waals surface area contributed by atoms with Crippen molar-refractivity contribution >= 4 is 23.2 Å². The van der Waals surface area contributed by atoms with E-state index in [0.717, 1.165) is 10.6 Å². The van der Waals surface area contributed by atoms with Crippen LogP contribution < -0.4 is 10.6 Å². The van der Waals surface area contributed by atoms with Gasteiger partial charge >= 0.3 is 11.8 Å². The molecule has 7 heteroatoms. The third-order valence-electron chi connectivity index (χ3n) is 3.35. The number of aliphatic hydroxyl groups excluding tert-OH is 1. The summed E-state index contributed by atoms with van der Waals surface area (Å²) in [7, 11) is 0. The average Bonchev–Trinajstić information content (AvgIpc) is 3.13. The Labute approximate surface area is 138 Å². The highest BCUT2D eigenvalue weighted by Gasteiger charge is 2.16. The minimum absolute atomic E-state index is 0.204. The van der Waals surface area contributed by atoms with Crippen LogP contribution in [0.5, 0.6) is 0 Å². The number of hydrogen-bond donors (Lipinski definition) is 3. The van der Waals surface area contributed by atoms with E-state index < -0.39 is 17.9 Å². The van der Waals surface area contributed by atoms with Gasteiger partial charge in [0.15, 0.2) is 0 Å². The molecule has 2 aromatic heterocycles. The van der Waals surface area contributed by atoms with Crippen molar-refractivity contribution in [3.63, 3.8) is 0 Å². The Kier molecular flexibility index (Phi) is 5.95. The summed E-state index contributed by atoms with van der Waals surface area (Å²) < 4.78 is 5.36. The summed E-state index contributed by atoms with van der Waals surface area (Å²) in [4.78, 5) is 24.3. The number of amides is 2. The number of carbonyl (C=O) groups is 2. The van der Waals surface area contributed by atoms with E-state index in [4.69, 9.17) is 4.42 Å². The molecule has 0 saturated heterocycles. The lowest BCUT2D eigenvalue weighted by Crippen LogP contribution is -2.40. The second-order valence-corrected chi connectivity index (χ2v) is 6.22. The number of aliphatic hydroxyl groups is 1. The van der Waals surface area contributed by atoms with Crippen LogP contribution in [0.4, 0.5) is 0 Å². The first-order valence-electron chi connectivity index (χ1n) is 7.30. The Hall–Kier alpha value is -2.12. The number of rotatable bonds is 6. The molecule has 0 aliphatic rings. The van der Waals surface area contributed by atoms with Crippen LogP contribution in [-0.2, 0) is 16.1 Å².